The molecule has 0 aromatic heterocycles. The molecule has 0 spiro atoms. The van der Waals surface area contributed by atoms with Gasteiger partial charge in [-0.2, -0.15) is 0 Å². The molecule has 0 bridgehead atoms. The summed E-state index contributed by atoms with van der Waals surface area (Å²) in [5, 5.41) is 0. The van der Waals surface area contributed by atoms with E-state index >= 15 is 0 Å². The van der Waals surface area contributed by atoms with Gasteiger partial charge in [-0.1, -0.05) is 44.1 Å². The number of hydrogen-bond donors (Lipinski definition) is 0. The third-order valence-electron chi connectivity index (χ3n) is 6.71. The first-order valence-corrected chi connectivity index (χ1v) is 10.6. The maximum Gasteiger partial charge on any atom is 0.118 e. The quantitative estimate of drug-likeness (QED) is 0.554. The lowest BCUT2D eigenvalue weighted by atomic mass is 9.69. The average Bonchev–Trinajstić information content (AvgIpc) is 2.72. The zero-order valence-corrected chi connectivity index (χ0v) is 16.5. The van der Waals surface area contributed by atoms with Crippen molar-refractivity contribution in [3.63, 3.8) is 0 Å². The molecule has 2 fully saturated rings. The van der Waals surface area contributed by atoms with Gasteiger partial charge in [-0.15, -0.1) is 0 Å². The third-order valence-corrected chi connectivity index (χ3v) is 6.71. The second-order valence-electron chi connectivity index (χ2n) is 8.22. The molecule has 0 saturated heterocycles. The molecule has 2 aliphatic carbocycles. The normalized spacial score (nSPS) is 29.2. The summed E-state index contributed by atoms with van der Waals surface area (Å²) in [5.41, 5.74) is 1.04. The maximum atomic E-state index is 5.18. The van der Waals surface area contributed by atoms with Gasteiger partial charge in [0.05, 0.1) is 7.11 Å². The topological polar surface area (TPSA) is 9.23 Å². The second kappa shape index (κ2) is 9.86. The molecule has 0 amide bonds. The molecule has 1 heteroatoms. The Morgan fingerprint density at radius 2 is 1.54 bits per heavy atom. The van der Waals surface area contributed by atoms with Gasteiger partial charge in [-0.3, -0.25) is 0 Å². The number of hydrogen-bond acceptors (Lipinski definition) is 1. The van der Waals surface area contributed by atoms with E-state index < -0.39 is 0 Å². The summed E-state index contributed by atoms with van der Waals surface area (Å²) in [5.74, 6) is 11.1. The van der Waals surface area contributed by atoms with Crippen molar-refractivity contribution in [1.29, 1.82) is 0 Å². The van der Waals surface area contributed by atoms with Crippen LogP contribution >= 0.6 is 0 Å². The van der Waals surface area contributed by atoms with Crippen LogP contribution in [-0.2, 0) is 0 Å². The van der Waals surface area contributed by atoms with Gasteiger partial charge >= 0.3 is 0 Å². The number of allylic oxidation sites excluding steroid dienone is 2. The number of ether oxygens (including phenoxy) is 1. The van der Waals surface area contributed by atoms with Crippen molar-refractivity contribution < 1.29 is 4.74 Å². The molecule has 0 aliphatic heterocycles. The first kappa shape index (κ1) is 19.1. The molecule has 1 aromatic rings. The predicted octanol–water partition coefficient (Wildman–Crippen LogP) is 6.63. The Morgan fingerprint density at radius 3 is 2.12 bits per heavy atom. The van der Waals surface area contributed by atoms with Crippen molar-refractivity contribution in [3.05, 3.63) is 42.0 Å². The summed E-state index contributed by atoms with van der Waals surface area (Å²) in [6.45, 7) is 2.36. The highest BCUT2D eigenvalue weighted by Crippen LogP contribution is 2.42. The zero-order chi connectivity index (χ0) is 18.2. The van der Waals surface area contributed by atoms with Crippen LogP contribution in [0.15, 0.2) is 36.4 Å². The average molecular weight is 351 g/mol. The molecule has 0 radical (unpaired) electrons. The molecule has 0 unspecified atom stereocenters. The van der Waals surface area contributed by atoms with Gasteiger partial charge in [0.25, 0.3) is 0 Å². The van der Waals surface area contributed by atoms with E-state index in [-0.39, 0.29) is 0 Å². The van der Waals surface area contributed by atoms with Crippen LogP contribution in [0.4, 0.5) is 0 Å². The Hall–Kier alpha value is -1.68. The first-order chi connectivity index (χ1) is 12.8. The highest BCUT2D eigenvalue weighted by Gasteiger charge is 2.29. The summed E-state index contributed by atoms with van der Waals surface area (Å²) in [6, 6.07) is 7.95. The van der Waals surface area contributed by atoms with Crippen LogP contribution in [0, 0.1) is 35.5 Å². The van der Waals surface area contributed by atoms with E-state index in [0.717, 1.165) is 35.0 Å². The van der Waals surface area contributed by atoms with Crippen molar-refractivity contribution in [2.75, 3.05) is 7.11 Å². The SMILES string of the molecule is CC[C@H]1CC[C@H]([C@H]2CC[C@H](C=CC#Cc3ccc(OC)cc3)CC2)CC1. The summed E-state index contributed by atoms with van der Waals surface area (Å²) in [6.07, 6.45) is 17.4. The molecule has 0 atom stereocenters. The lowest BCUT2D eigenvalue weighted by Gasteiger charge is -2.37. The van der Waals surface area contributed by atoms with Crippen molar-refractivity contribution in [1.82, 2.24) is 0 Å². The molecule has 2 saturated carbocycles. The molecule has 2 aliphatic rings. The summed E-state index contributed by atoms with van der Waals surface area (Å²) in [4.78, 5) is 0. The highest BCUT2D eigenvalue weighted by molar-refractivity contribution is 5.40. The molecular weight excluding hydrogens is 316 g/mol. The number of benzene rings is 1. The predicted molar refractivity (Wildman–Crippen MR) is 110 cm³/mol. The lowest BCUT2D eigenvalue weighted by molar-refractivity contribution is 0.154. The van der Waals surface area contributed by atoms with Crippen LogP contribution in [0.5, 0.6) is 5.75 Å². The van der Waals surface area contributed by atoms with Gasteiger partial charge in [-0.25, -0.2) is 0 Å². The van der Waals surface area contributed by atoms with E-state index in [9.17, 15) is 0 Å². The van der Waals surface area contributed by atoms with E-state index in [4.69, 9.17) is 4.74 Å². The molecule has 26 heavy (non-hydrogen) atoms. The zero-order valence-electron chi connectivity index (χ0n) is 16.5. The molecule has 1 aromatic carbocycles. The van der Waals surface area contributed by atoms with Gasteiger partial charge in [0, 0.05) is 5.56 Å². The number of rotatable bonds is 4. The minimum atomic E-state index is 0.739. The van der Waals surface area contributed by atoms with E-state index in [1.807, 2.05) is 24.3 Å². The highest BCUT2D eigenvalue weighted by atomic mass is 16.5. The smallest absolute Gasteiger partial charge is 0.118 e. The molecule has 1 nitrogen and oxygen atoms in total. The fourth-order valence-corrected chi connectivity index (χ4v) is 4.86. The third kappa shape index (κ3) is 5.41. The van der Waals surface area contributed by atoms with Gasteiger partial charge in [-0.05, 0) is 92.5 Å². The minimum absolute atomic E-state index is 0.739. The standard InChI is InChI=1S/C25H34O/c1-3-20-8-14-23(15-9-20)24-16-10-21(11-17-24)6-4-5-7-22-12-18-25(26-2)19-13-22/h4,6,12-13,18-21,23-24H,3,8-11,14-17H2,1-2H3/t20-,21-,23-,24-. The van der Waals surface area contributed by atoms with Crippen LogP contribution in [-0.4, -0.2) is 7.11 Å². The molecular formula is C25H34O. The fraction of sp³-hybridized carbons (Fsp3) is 0.600. The van der Waals surface area contributed by atoms with Crippen LogP contribution in [0.3, 0.4) is 0 Å². The Labute approximate surface area is 160 Å². The van der Waals surface area contributed by atoms with E-state index in [1.54, 1.807) is 7.11 Å². The Kier molecular flexibility index (Phi) is 7.24. The second-order valence-corrected chi connectivity index (χ2v) is 8.22. The molecule has 0 N–H and O–H groups in total. The largest absolute Gasteiger partial charge is 0.497 e. The molecule has 0 heterocycles. The van der Waals surface area contributed by atoms with E-state index in [0.29, 0.717) is 0 Å². The summed E-state index contributed by atoms with van der Waals surface area (Å²) in [7, 11) is 1.69. The van der Waals surface area contributed by atoms with E-state index in [2.05, 4.69) is 30.9 Å². The summed E-state index contributed by atoms with van der Waals surface area (Å²) >= 11 is 0. The van der Waals surface area contributed by atoms with Crippen molar-refractivity contribution in [3.8, 4) is 17.6 Å². The van der Waals surface area contributed by atoms with Gasteiger partial charge in [0.1, 0.15) is 5.75 Å². The van der Waals surface area contributed by atoms with Gasteiger partial charge < -0.3 is 4.74 Å². The van der Waals surface area contributed by atoms with Crippen molar-refractivity contribution >= 4 is 0 Å². The van der Waals surface area contributed by atoms with Gasteiger partial charge in [0.15, 0.2) is 0 Å². The van der Waals surface area contributed by atoms with Crippen LogP contribution in [0.2, 0.25) is 0 Å². The minimum Gasteiger partial charge on any atom is -0.497 e. The Balaban J connectivity index is 1.41. The monoisotopic (exact) mass is 350 g/mol. The van der Waals surface area contributed by atoms with Crippen LogP contribution in [0.25, 0.3) is 0 Å². The Bertz CT molecular complexity index is 614. The summed E-state index contributed by atoms with van der Waals surface area (Å²) < 4.78 is 5.18. The van der Waals surface area contributed by atoms with Crippen molar-refractivity contribution in [2.45, 2.75) is 64.7 Å². The lowest BCUT2D eigenvalue weighted by Crippen LogP contribution is -2.25. The Morgan fingerprint density at radius 1 is 0.923 bits per heavy atom. The van der Waals surface area contributed by atoms with E-state index in [1.165, 1.54) is 57.8 Å². The molecule has 3 rings (SSSR count). The first-order valence-electron chi connectivity index (χ1n) is 10.6. The van der Waals surface area contributed by atoms with Gasteiger partial charge in [0.2, 0.25) is 0 Å². The maximum absolute atomic E-state index is 5.18. The fourth-order valence-electron chi connectivity index (χ4n) is 4.86. The van der Waals surface area contributed by atoms with Crippen LogP contribution < -0.4 is 4.74 Å². The number of methoxy groups -OCH3 is 1. The molecule has 140 valence electrons. The van der Waals surface area contributed by atoms with Crippen molar-refractivity contribution in [2.24, 2.45) is 23.7 Å². The van der Waals surface area contributed by atoms with Crippen LogP contribution in [0.1, 0.15) is 70.3 Å².